The molecule has 1 atom stereocenters. The van der Waals surface area contributed by atoms with Crippen LogP contribution in [0.25, 0.3) is 5.57 Å². The van der Waals surface area contributed by atoms with Gasteiger partial charge in [0.25, 0.3) is 0 Å². The Hall–Kier alpha value is -1.64. The standard InChI is InChI=1S/C21H35NO5S.CH4O/c1-6-7-8-9-13-25-19-15-28-22-20(19)18(11-10-12-24-5)14-17(4)27-21(23)26-16(2)3;1-2/h11,15-17H,6-10,12-14H2,1-5H3;2H,1H3/p+1/b18-11+;. The third kappa shape index (κ3) is 12.8. The second kappa shape index (κ2) is 18.2. The Morgan fingerprint density at radius 3 is 2.60 bits per heavy atom. The molecule has 174 valence electrons. The second-order valence-corrected chi connectivity index (χ2v) is 7.67. The lowest BCUT2D eigenvalue weighted by atomic mass is 10.0. The van der Waals surface area contributed by atoms with E-state index in [9.17, 15) is 4.79 Å². The number of rotatable bonds is 14. The van der Waals surface area contributed by atoms with E-state index in [4.69, 9.17) is 19.3 Å². The van der Waals surface area contributed by atoms with Gasteiger partial charge in [0.2, 0.25) is 0 Å². The monoisotopic (exact) mass is 446 g/mol. The molecule has 0 radical (unpaired) electrons. The molecule has 2 N–H and O–H groups in total. The number of ether oxygens (including phenoxy) is 4. The van der Waals surface area contributed by atoms with Gasteiger partial charge < -0.3 is 24.1 Å². The van der Waals surface area contributed by atoms with Gasteiger partial charge >= 0.3 is 6.16 Å². The molecular formula is C22H40NO6S+. The van der Waals surface area contributed by atoms with Crippen LogP contribution in [-0.4, -0.2) is 60.0 Å². The molecule has 0 aliphatic heterocycles. The summed E-state index contributed by atoms with van der Waals surface area (Å²) in [5, 5.41) is 8.94. The second-order valence-electron chi connectivity index (χ2n) is 7.04. The van der Waals surface area contributed by atoms with Crippen molar-refractivity contribution in [3.8, 4) is 5.75 Å². The SMILES string of the molecule is CCCCCCOc1csnc1/C(=C/CC[OH+]C)CC(C)OC(=O)OC(C)C.CO. The first kappa shape index (κ1) is 28.4. The molecule has 1 aromatic heterocycles. The fourth-order valence-corrected chi connectivity index (χ4v) is 3.28. The Balaban J connectivity index is 0.00000407. The summed E-state index contributed by atoms with van der Waals surface area (Å²) in [6.07, 6.45) is 6.95. The van der Waals surface area contributed by atoms with Gasteiger partial charge in [0.1, 0.15) is 25.5 Å². The van der Waals surface area contributed by atoms with E-state index >= 15 is 0 Å². The van der Waals surface area contributed by atoms with Gasteiger partial charge in [-0.25, -0.2) is 4.79 Å². The van der Waals surface area contributed by atoms with E-state index in [2.05, 4.69) is 22.1 Å². The minimum atomic E-state index is -0.643. The maximum absolute atomic E-state index is 11.8. The van der Waals surface area contributed by atoms with Crippen LogP contribution in [0.4, 0.5) is 4.79 Å². The minimum Gasteiger partial charge on any atom is -0.490 e. The summed E-state index contributed by atoms with van der Waals surface area (Å²) in [6.45, 7) is 9.08. The molecule has 0 aliphatic carbocycles. The molecule has 0 aromatic carbocycles. The zero-order valence-corrected chi connectivity index (χ0v) is 20.2. The van der Waals surface area contributed by atoms with Crippen LogP contribution in [-0.2, 0) is 9.47 Å². The predicted molar refractivity (Wildman–Crippen MR) is 122 cm³/mol. The fraction of sp³-hybridized carbons (Fsp3) is 0.727. The lowest BCUT2D eigenvalue weighted by molar-refractivity contribution is 0.0131. The Kier molecular flexibility index (Phi) is 17.2. The summed E-state index contributed by atoms with van der Waals surface area (Å²) < 4.78 is 25.1. The van der Waals surface area contributed by atoms with Crippen molar-refractivity contribution >= 4 is 23.3 Å². The van der Waals surface area contributed by atoms with E-state index in [0.717, 1.165) is 43.6 Å². The highest BCUT2D eigenvalue weighted by molar-refractivity contribution is 7.04. The number of hydrogen-bond acceptors (Lipinski definition) is 7. The normalized spacial score (nSPS) is 12.2. The van der Waals surface area contributed by atoms with Crippen molar-refractivity contribution in [3.05, 3.63) is 17.2 Å². The van der Waals surface area contributed by atoms with Gasteiger partial charge in [0.05, 0.1) is 18.1 Å². The number of carbonyl (C=O) groups is 1. The van der Waals surface area contributed by atoms with Crippen LogP contribution in [0.5, 0.6) is 5.75 Å². The molecule has 1 aromatic rings. The van der Waals surface area contributed by atoms with E-state index in [1.54, 1.807) is 21.0 Å². The summed E-state index contributed by atoms with van der Waals surface area (Å²) in [4.78, 5) is 11.8. The zero-order chi connectivity index (χ0) is 22.8. The summed E-state index contributed by atoms with van der Waals surface area (Å²) in [7, 11) is 2.80. The van der Waals surface area contributed by atoms with Crippen LogP contribution in [0.1, 0.15) is 71.9 Å². The maximum atomic E-state index is 11.8. The van der Waals surface area contributed by atoms with Crippen LogP contribution in [0.2, 0.25) is 0 Å². The third-order valence-corrected chi connectivity index (χ3v) is 4.58. The quantitative estimate of drug-likeness (QED) is 0.246. The molecule has 0 saturated carbocycles. The van der Waals surface area contributed by atoms with Gasteiger partial charge in [0.15, 0.2) is 5.75 Å². The number of aromatic nitrogens is 1. The van der Waals surface area contributed by atoms with Crippen molar-refractivity contribution in [3.63, 3.8) is 0 Å². The zero-order valence-electron chi connectivity index (χ0n) is 19.3. The van der Waals surface area contributed by atoms with Crippen LogP contribution in [0, 0.1) is 0 Å². The first-order valence-electron chi connectivity index (χ1n) is 10.6. The number of unbranched alkanes of at least 4 members (excludes halogenated alkanes) is 3. The van der Waals surface area contributed by atoms with Crippen molar-refractivity contribution < 1.29 is 28.8 Å². The van der Waals surface area contributed by atoms with Crippen LogP contribution >= 0.6 is 11.5 Å². The van der Waals surface area contributed by atoms with E-state index in [1.165, 1.54) is 30.8 Å². The van der Waals surface area contributed by atoms with Gasteiger partial charge in [-0.1, -0.05) is 32.3 Å². The molecule has 0 aliphatic rings. The fourth-order valence-electron chi connectivity index (χ4n) is 2.64. The summed E-state index contributed by atoms with van der Waals surface area (Å²) in [5.74, 6) is 0.804. The molecule has 1 rings (SSSR count). The Morgan fingerprint density at radius 2 is 1.97 bits per heavy atom. The molecule has 1 heterocycles. The molecule has 0 fully saturated rings. The van der Waals surface area contributed by atoms with Crippen molar-refractivity contribution in [2.45, 2.75) is 78.4 Å². The Labute approximate surface area is 185 Å². The van der Waals surface area contributed by atoms with Crippen molar-refractivity contribution in [1.82, 2.24) is 4.37 Å². The number of carbonyl (C=O) groups excluding carboxylic acids is 1. The van der Waals surface area contributed by atoms with Crippen molar-refractivity contribution in [2.24, 2.45) is 0 Å². The Bertz CT molecular complexity index is 588. The molecule has 0 spiro atoms. The number of nitrogens with zero attached hydrogens (tertiary/aromatic N) is 1. The van der Waals surface area contributed by atoms with E-state index in [0.29, 0.717) is 13.0 Å². The number of aliphatic hydroxyl groups is 3. The lowest BCUT2D eigenvalue weighted by Gasteiger charge is -2.16. The van der Waals surface area contributed by atoms with E-state index in [1.807, 2.05) is 12.3 Å². The van der Waals surface area contributed by atoms with E-state index < -0.39 is 6.16 Å². The maximum Gasteiger partial charge on any atom is 0.508 e. The molecular weight excluding hydrogens is 406 g/mol. The van der Waals surface area contributed by atoms with Gasteiger partial charge in [-0.3, -0.25) is 0 Å². The molecule has 0 amide bonds. The molecule has 1 unspecified atom stereocenters. The van der Waals surface area contributed by atoms with Crippen molar-refractivity contribution in [1.29, 1.82) is 0 Å². The largest absolute Gasteiger partial charge is 0.508 e. The lowest BCUT2D eigenvalue weighted by Crippen LogP contribution is -2.19. The van der Waals surface area contributed by atoms with Gasteiger partial charge in [-0.15, -0.1) is 0 Å². The van der Waals surface area contributed by atoms with Crippen LogP contribution in [0.3, 0.4) is 0 Å². The highest BCUT2D eigenvalue weighted by Gasteiger charge is 2.19. The summed E-state index contributed by atoms with van der Waals surface area (Å²) in [6, 6.07) is 0. The van der Waals surface area contributed by atoms with Crippen molar-refractivity contribution in [2.75, 3.05) is 27.4 Å². The first-order valence-corrected chi connectivity index (χ1v) is 11.5. The molecule has 8 heteroatoms. The highest BCUT2D eigenvalue weighted by Crippen LogP contribution is 2.31. The number of aliphatic hydroxyl groups excluding tert-OH is 1. The highest BCUT2D eigenvalue weighted by atomic mass is 32.1. The molecule has 0 saturated heterocycles. The predicted octanol–water partition coefficient (Wildman–Crippen LogP) is 4.98. The molecule has 0 bridgehead atoms. The molecule has 7 nitrogen and oxygen atoms in total. The van der Waals surface area contributed by atoms with Gasteiger partial charge in [-0.05, 0) is 44.3 Å². The topological polar surface area (TPSA) is 90.7 Å². The van der Waals surface area contributed by atoms with E-state index in [-0.39, 0.29) is 12.2 Å². The van der Waals surface area contributed by atoms with Crippen LogP contribution < -0.4 is 4.74 Å². The molecule has 30 heavy (non-hydrogen) atoms. The average Bonchev–Trinajstić information content (AvgIpc) is 3.16. The minimum absolute atomic E-state index is 0.202. The van der Waals surface area contributed by atoms with Gasteiger partial charge in [-0.2, -0.15) is 4.37 Å². The smallest absolute Gasteiger partial charge is 0.490 e. The third-order valence-electron chi connectivity index (χ3n) is 3.98. The number of hydrogen-bond donors (Lipinski definition) is 1. The van der Waals surface area contributed by atoms with Crippen LogP contribution in [0.15, 0.2) is 11.5 Å². The van der Waals surface area contributed by atoms with Gasteiger partial charge in [0, 0.05) is 20.0 Å². The first-order chi connectivity index (χ1) is 14.5. The summed E-state index contributed by atoms with van der Waals surface area (Å²) in [5.41, 5.74) is 1.85. The Morgan fingerprint density at radius 1 is 1.23 bits per heavy atom. The summed E-state index contributed by atoms with van der Waals surface area (Å²) >= 11 is 1.38. The average molecular weight is 447 g/mol.